The molecule has 0 aromatic heterocycles. The van der Waals surface area contributed by atoms with E-state index < -0.39 is 0 Å². The van der Waals surface area contributed by atoms with E-state index in [0.717, 1.165) is 11.4 Å². The van der Waals surface area contributed by atoms with E-state index in [1.807, 2.05) is 12.1 Å². The summed E-state index contributed by atoms with van der Waals surface area (Å²) in [6, 6.07) is 7.24. The predicted octanol–water partition coefficient (Wildman–Crippen LogP) is 2.55. The van der Waals surface area contributed by atoms with Crippen LogP contribution in [0.15, 0.2) is 24.3 Å². The van der Waals surface area contributed by atoms with Crippen LogP contribution in [0.1, 0.15) is 17.3 Å². The van der Waals surface area contributed by atoms with Crippen molar-refractivity contribution >= 4 is 23.6 Å². The van der Waals surface area contributed by atoms with Gasteiger partial charge < -0.3 is 9.46 Å². The summed E-state index contributed by atoms with van der Waals surface area (Å²) in [6.07, 6.45) is 0. The monoisotopic (exact) mass is 211 g/mol. The maximum absolute atomic E-state index is 11.2. The molecule has 0 saturated carbocycles. The third-order valence-electron chi connectivity index (χ3n) is 1.62. The standard InChI is InChI=1S/C10H13NO2S/c1-3-14-11-9-6-4-5-8(7-9)10(12)13-2/h4-7,11H,3H2,1-2H3. The first-order valence-corrected chi connectivity index (χ1v) is 5.32. The summed E-state index contributed by atoms with van der Waals surface area (Å²) in [4.78, 5) is 11.2. The maximum Gasteiger partial charge on any atom is 0.337 e. The van der Waals surface area contributed by atoms with Crippen molar-refractivity contribution in [2.45, 2.75) is 6.92 Å². The molecule has 0 fully saturated rings. The number of esters is 1. The first-order valence-electron chi connectivity index (χ1n) is 4.34. The normalized spacial score (nSPS) is 9.57. The van der Waals surface area contributed by atoms with Crippen molar-refractivity contribution < 1.29 is 9.53 Å². The van der Waals surface area contributed by atoms with Crippen molar-refractivity contribution in [2.75, 3.05) is 17.6 Å². The van der Waals surface area contributed by atoms with Gasteiger partial charge in [-0.3, -0.25) is 0 Å². The molecule has 76 valence electrons. The number of methoxy groups -OCH3 is 1. The van der Waals surface area contributed by atoms with E-state index >= 15 is 0 Å². The van der Waals surface area contributed by atoms with Gasteiger partial charge in [0.05, 0.1) is 12.7 Å². The Bertz CT molecular complexity index is 315. The Labute approximate surface area is 88.0 Å². The van der Waals surface area contributed by atoms with Gasteiger partial charge in [-0.05, 0) is 18.2 Å². The quantitative estimate of drug-likeness (QED) is 0.613. The number of carbonyl (C=O) groups excluding carboxylic acids is 1. The molecule has 1 aromatic rings. The second-order valence-corrected chi connectivity index (χ2v) is 3.68. The third kappa shape index (κ3) is 2.96. The number of rotatable bonds is 4. The molecule has 0 bridgehead atoms. The molecule has 0 radical (unpaired) electrons. The molecule has 0 unspecified atom stereocenters. The summed E-state index contributed by atoms with van der Waals surface area (Å²) >= 11 is 1.59. The highest BCUT2D eigenvalue weighted by Crippen LogP contribution is 2.15. The first kappa shape index (κ1) is 10.9. The second kappa shape index (κ2) is 5.54. The van der Waals surface area contributed by atoms with E-state index in [4.69, 9.17) is 0 Å². The molecule has 14 heavy (non-hydrogen) atoms. The minimum absolute atomic E-state index is 0.310. The van der Waals surface area contributed by atoms with Gasteiger partial charge in [0.15, 0.2) is 0 Å². The lowest BCUT2D eigenvalue weighted by Crippen LogP contribution is -2.01. The number of anilines is 1. The van der Waals surface area contributed by atoms with Gasteiger partial charge in [0.1, 0.15) is 0 Å². The Morgan fingerprint density at radius 3 is 3.00 bits per heavy atom. The fourth-order valence-corrected chi connectivity index (χ4v) is 1.42. The van der Waals surface area contributed by atoms with Crippen LogP contribution >= 0.6 is 11.9 Å². The topological polar surface area (TPSA) is 38.3 Å². The minimum atomic E-state index is -0.310. The molecule has 1 aromatic carbocycles. The van der Waals surface area contributed by atoms with Crippen LogP contribution in [0.4, 0.5) is 5.69 Å². The molecule has 0 aliphatic heterocycles. The fourth-order valence-electron chi connectivity index (χ4n) is 0.983. The predicted molar refractivity (Wildman–Crippen MR) is 59.5 cm³/mol. The van der Waals surface area contributed by atoms with Crippen LogP contribution in [-0.4, -0.2) is 18.8 Å². The summed E-state index contributed by atoms with van der Waals surface area (Å²) in [7, 11) is 1.38. The van der Waals surface area contributed by atoms with Gasteiger partial charge in [-0.2, -0.15) is 0 Å². The summed E-state index contributed by atoms with van der Waals surface area (Å²) < 4.78 is 7.74. The molecule has 0 aliphatic carbocycles. The number of carbonyl (C=O) groups is 1. The van der Waals surface area contributed by atoms with Crippen LogP contribution in [0.5, 0.6) is 0 Å². The molecule has 1 rings (SSSR count). The summed E-state index contributed by atoms with van der Waals surface area (Å²) in [5.74, 6) is 0.665. The second-order valence-electron chi connectivity index (χ2n) is 2.61. The largest absolute Gasteiger partial charge is 0.465 e. The minimum Gasteiger partial charge on any atom is -0.465 e. The van der Waals surface area contributed by atoms with E-state index in [9.17, 15) is 4.79 Å². The van der Waals surface area contributed by atoms with E-state index in [-0.39, 0.29) is 5.97 Å². The molecule has 0 heterocycles. The number of hydrogen-bond donors (Lipinski definition) is 1. The molecule has 0 saturated heterocycles. The van der Waals surface area contributed by atoms with Crippen molar-refractivity contribution in [3.05, 3.63) is 29.8 Å². The average molecular weight is 211 g/mol. The van der Waals surface area contributed by atoms with Crippen LogP contribution in [0.3, 0.4) is 0 Å². The summed E-state index contributed by atoms with van der Waals surface area (Å²) in [5.41, 5.74) is 1.48. The molecule has 3 nitrogen and oxygen atoms in total. The van der Waals surface area contributed by atoms with Crippen LogP contribution in [0.2, 0.25) is 0 Å². The highest BCUT2D eigenvalue weighted by atomic mass is 32.2. The van der Waals surface area contributed by atoms with Gasteiger partial charge in [-0.15, -0.1) is 0 Å². The third-order valence-corrected chi connectivity index (χ3v) is 2.29. The van der Waals surface area contributed by atoms with Crippen LogP contribution in [-0.2, 0) is 4.74 Å². The lowest BCUT2D eigenvalue weighted by molar-refractivity contribution is 0.0601. The van der Waals surface area contributed by atoms with Crippen molar-refractivity contribution in [1.82, 2.24) is 0 Å². The van der Waals surface area contributed by atoms with Crippen LogP contribution in [0.25, 0.3) is 0 Å². The zero-order chi connectivity index (χ0) is 10.4. The number of hydrogen-bond acceptors (Lipinski definition) is 4. The van der Waals surface area contributed by atoms with Gasteiger partial charge in [0.2, 0.25) is 0 Å². The Morgan fingerprint density at radius 1 is 1.57 bits per heavy atom. The molecular weight excluding hydrogens is 198 g/mol. The number of benzene rings is 1. The molecular formula is C10H13NO2S. The Kier molecular flexibility index (Phi) is 4.32. The van der Waals surface area contributed by atoms with Crippen LogP contribution in [0, 0.1) is 0 Å². The van der Waals surface area contributed by atoms with E-state index in [0.29, 0.717) is 5.56 Å². The smallest absolute Gasteiger partial charge is 0.337 e. The Hall–Kier alpha value is -1.16. The van der Waals surface area contributed by atoms with Gasteiger partial charge in [-0.1, -0.05) is 24.9 Å². The first-order chi connectivity index (χ1) is 6.77. The maximum atomic E-state index is 11.2. The lowest BCUT2D eigenvalue weighted by atomic mass is 10.2. The van der Waals surface area contributed by atoms with Crippen molar-refractivity contribution in [3.63, 3.8) is 0 Å². The lowest BCUT2D eigenvalue weighted by Gasteiger charge is -2.05. The molecule has 0 aliphatic rings. The number of nitrogens with one attached hydrogen (secondary N) is 1. The van der Waals surface area contributed by atoms with E-state index in [2.05, 4.69) is 16.4 Å². The Balaban J connectivity index is 2.73. The number of ether oxygens (including phenoxy) is 1. The highest BCUT2D eigenvalue weighted by molar-refractivity contribution is 8.00. The molecule has 0 amide bonds. The van der Waals surface area contributed by atoms with Crippen molar-refractivity contribution in [2.24, 2.45) is 0 Å². The molecule has 1 N–H and O–H groups in total. The zero-order valence-electron chi connectivity index (χ0n) is 8.24. The van der Waals surface area contributed by atoms with Gasteiger partial charge in [-0.25, -0.2) is 4.79 Å². The van der Waals surface area contributed by atoms with Gasteiger partial charge in [0.25, 0.3) is 0 Å². The summed E-state index contributed by atoms with van der Waals surface area (Å²) in [5, 5.41) is 0. The van der Waals surface area contributed by atoms with Gasteiger partial charge in [0, 0.05) is 11.4 Å². The average Bonchev–Trinajstić information content (AvgIpc) is 2.25. The molecule has 4 heteroatoms. The van der Waals surface area contributed by atoms with E-state index in [1.54, 1.807) is 24.1 Å². The molecule has 0 atom stereocenters. The Morgan fingerprint density at radius 2 is 2.36 bits per heavy atom. The zero-order valence-corrected chi connectivity index (χ0v) is 9.06. The SMILES string of the molecule is CCSNc1cccc(C(=O)OC)c1. The van der Waals surface area contributed by atoms with E-state index in [1.165, 1.54) is 7.11 Å². The fraction of sp³-hybridized carbons (Fsp3) is 0.300. The van der Waals surface area contributed by atoms with Crippen molar-refractivity contribution in [3.8, 4) is 0 Å². The van der Waals surface area contributed by atoms with Crippen LogP contribution < -0.4 is 4.72 Å². The van der Waals surface area contributed by atoms with Crippen molar-refractivity contribution in [1.29, 1.82) is 0 Å². The van der Waals surface area contributed by atoms with Gasteiger partial charge >= 0.3 is 5.97 Å². The highest BCUT2D eigenvalue weighted by Gasteiger charge is 2.04. The summed E-state index contributed by atoms with van der Waals surface area (Å²) in [6.45, 7) is 2.06. The molecule has 0 spiro atoms.